The molecule has 9 heteroatoms. The van der Waals surface area contributed by atoms with E-state index in [0.29, 0.717) is 50.9 Å². The van der Waals surface area contributed by atoms with Gasteiger partial charge >= 0.3 is 0 Å². The molecular weight excluding hydrogens is 416 g/mol. The van der Waals surface area contributed by atoms with E-state index in [1.807, 2.05) is 30.3 Å². The summed E-state index contributed by atoms with van der Waals surface area (Å²) in [4.78, 5) is 9.45. The summed E-state index contributed by atoms with van der Waals surface area (Å²) < 4.78 is 12.7. The van der Waals surface area contributed by atoms with E-state index in [-0.39, 0.29) is 6.79 Å². The SMILES string of the molecule is Nc1c2c(-c3ccc4c(c3)OCO4)nc(NCC3CC3)nc2nn1-c1ccc(Cl)cc1. The van der Waals surface area contributed by atoms with E-state index in [9.17, 15) is 0 Å². The number of halogens is 1. The Kier molecular flexibility index (Phi) is 4.14. The Morgan fingerprint density at radius 2 is 1.87 bits per heavy atom. The summed E-state index contributed by atoms with van der Waals surface area (Å²) in [6.07, 6.45) is 2.48. The van der Waals surface area contributed by atoms with E-state index in [4.69, 9.17) is 31.8 Å². The number of nitrogen functional groups attached to an aromatic ring is 1. The van der Waals surface area contributed by atoms with E-state index in [1.54, 1.807) is 16.8 Å². The minimum atomic E-state index is 0.211. The highest BCUT2D eigenvalue weighted by molar-refractivity contribution is 6.30. The van der Waals surface area contributed by atoms with Gasteiger partial charge in [0, 0.05) is 17.1 Å². The molecule has 0 unspecified atom stereocenters. The molecule has 31 heavy (non-hydrogen) atoms. The van der Waals surface area contributed by atoms with Crippen LogP contribution in [0.25, 0.3) is 28.0 Å². The number of nitrogens with one attached hydrogen (secondary N) is 1. The molecule has 0 bridgehead atoms. The molecule has 1 aliphatic heterocycles. The fourth-order valence-corrected chi connectivity index (χ4v) is 3.81. The third kappa shape index (κ3) is 3.29. The lowest BCUT2D eigenvalue weighted by Gasteiger charge is -2.09. The van der Waals surface area contributed by atoms with Crippen LogP contribution in [0.15, 0.2) is 42.5 Å². The van der Waals surface area contributed by atoms with Gasteiger partial charge in [0.25, 0.3) is 0 Å². The van der Waals surface area contributed by atoms with Crippen molar-refractivity contribution in [2.24, 2.45) is 5.92 Å². The van der Waals surface area contributed by atoms with Gasteiger partial charge < -0.3 is 20.5 Å². The van der Waals surface area contributed by atoms with Gasteiger partial charge in [-0.2, -0.15) is 4.98 Å². The van der Waals surface area contributed by atoms with Gasteiger partial charge in [0.1, 0.15) is 5.82 Å². The zero-order chi connectivity index (χ0) is 20.9. The minimum Gasteiger partial charge on any atom is -0.454 e. The monoisotopic (exact) mass is 434 g/mol. The molecule has 156 valence electrons. The number of ether oxygens (including phenoxy) is 2. The van der Waals surface area contributed by atoms with E-state index in [1.165, 1.54) is 12.8 Å². The first-order valence-electron chi connectivity index (χ1n) is 10.1. The molecule has 6 rings (SSSR count). The highest BCUT2D eigenvalue weighted by Crippen LogP contribution is 2.39. The summed E-state index contributed by atoms with van der Waals surface area (Å²) in [7, 11) is 0. The number of hydrogen-bond donors (Lipinski definition) is 2. The summed E-state index contributed by atoms with van der Waals surface area (Å²) in [6.45, 7) is 1.06. The molecule has 0 atom stereocenters. The second-order valence-electron chi connectivity index (χ2n) is 7.76. The van der Waals surface area contributed by atoms with Crippen LogP contribution in [0, 0.1) is 5.92 Å². The lowest BCUT2D eigenvalue weighted by atomic mass is 10.1. The number of nitrogens with zero attached hydrogens (tertiary/aromatic N) is 4. The predicted molar refractivity (Wildman–Crippen MR) is 119 cm³/mol. The van der Waals surface area contributed by atoms with Crippen molar-refractivity contribution >= 4 is 34.4 Å². The molecule has 2 aromatic carbocycles. The van der Waals surface area contributed by atoms with Crippen molar-refractivity contribution in [2.75, 3.05) is 24.4 Å². The smallest absolute Gasteiger partial charge is 0.231 e. The maximum atomic E-state index is 6.55. The third-order valence-electron chi connectivity index (χ3n) is 5.53. The van der Waals surface area contributed by atoms with Crippen molar-refractivity contribution in [2.45, 2.75) is 12.8 Å². The molecule has 0 saturated heterocycles. The Labute approximate surface area is 183 Å². The lowest BCUT2D eigenvalue weighted by molar-refractivity contribution is 0.174. The van der Waals surface area contributed by atoms with Crippen LogP contribution in [0.5, 0.6) is 11.5 Å². The molecule has 2 aliphatic rings. The van der Waals surface area contributed by atoms with E-state index in [2.05, 4.69) is 15.4 Å². The van der Waals surface area contributed by atoms with Crippen LogP contribution in [-0.4, -0.2) is 33.1 Å². The average Bonchev–Trinajstić information content (AvgIpc) is 3.40. The van der Waals surface area contributed by atoms with Crippen LogP contribution in [0.2, 0.25) is 5.02 Å². The zero-order valence-electron chi connectivity index (χ0n) is 16.5. The van der Waals surface area contributed by atoms with Crippen molar-refractivity contribution in [3.05, 3.63) is 47.5 Å². The fraction of sp³-hybridized carbons (Fsp3) is 0.227. The van der Waals surface area contributed by atoms with Crippen LogP contribution >= 0.6 is 11.6 Å². The molecule has 2 aromatic heterocycles. The first-order chi connectivity index (χ1) is 15.2. The summed E-state index contributed by atoms with van der Waals surface area (Å²) >= 11 is 6.04. The largest absolute Gasteiger partial charge is 0.454 e. The van der Waals surface area contributed by atoms with Gasteiger partial charge in [0.15, 0.2) is 17.1 Å². The molecule has 4 aromatic rings. The van der Waals surface area contributed by atoms with Crippen molar-refractivity contribution in [1.29, 1.82) is 0 Å². The van der Waals surface area contributed by atoms with E-state index >= 15 is 0 Å². The van der Waals surface area contributed by atoms with Crippen LogP contribution in [-0.2, 0) is 0 Å². The average molecular weight is 435 g/mol. The summed E-state index contributed by atoms with van der Waals surface area (Å²) in [5.41, 5.74) is 9.42. The number of fused-ring (bicyclic) bond motifs is 2. The predicted octanol–water partition coefficient (Wildman–Crippen LogP) is 4.27. The van der Waals surface area contributed by atoms with E-state index in [0.717, 1.165) is 17.8 Å². The Morgan fingerprint density at radius 3 is 2.68 bits per heavy atom. The lowest BCUT2D eigenvalue weighted by Crippen LogP contribution is -2.07. The molecule has 0 spiro atoms. The minimum absolute atomic E-state index is 0.211. The van der Waals surface area contributed by atoms with Gasteiger partial charge in [0.2, 0.25) is 12.7 Å². The standard InChI is InChI=1S/C22H19ClN6O2/c23-14-4-6-15(7-5-14)29-20(24)18-19(13-3-8-16-17(9-13)31-11-30-16)26-22(27-21(18)28-29)25-10-12-1-2-12/h3-9,12H,1-2,10-11,24H2,(H,25,27,28). The molecular formula is C22H19ClN6O2. The van der Waals surface area contributed by atoms with Gasteiger partial charge in [-0.3, -0.25) is 0 Å². The third-order valence-corrected chi connectivity index (χ3v) is 5.78. The quantitative estimate of drug-likeness (QED) is 0.483. The molecule has 1 fully saturated rings. The number of anilines is 2. The van der Waals surface area contributed by atoms with Gasteiger partial charge in [-0.05, 0) is 61.2 Å². The molecule has 0 radical (unpaired) electrons. The normalized spacial score (nSPS) is 14.9. The highest BCUT2D eigenvalue weighted by Gasteiger charge is 2.24. The molecule has 3 heterocycles. The van der Waals surface area contributed by atoms with Gasteiger partial charge in [-0.15, -0.1) is 5.10 Å². The summed E-state index contributed by atoms with van der Waals surface area (Å²) in [6, 6.07) is 13.1. The van der Waals surface area contributed by atoms with Crippen LogP contribution < -0.4 is 20.5 Å². The Balaban J connectivity index is 1.52. The zero-order valence-corrected chi connectivity index (χ0v) is 17.3. The second-order valence-corrected chi connectivity index (χ2v) is 8.20. The van der Waals surface area contributed by atoms with Crippen LogP contribution in [0.4, 0.5) is 11.8 Å². The van der Waals surface area contributed by atoms with Crippen LogP contribution in [0.3, 0.4) is 0 Å². The Bertz CT molecular complexity index is 1300. The number of nitrogens with two attached hydrogens (primary N) is 1. The van der Waals surface area contributed by atoms with Crippen molar-refractivity contribution in [1.82, 2.24) is 19.7 Å². The molecule has 1 aliphatic carbocycles. The van der Waals surface area contributed by atoms with E-state index < -0.39 is 0 Å². The van der Waals surface area contributed by atoms with Crippen molar-refractivity contribution in [3.8, 4) is 28.4 Å². The first kappa shape index (κ1) is 18.3. The van der Waals surface area contributed by atoms with Gasteiger partial charge in [-0.25, -0.2) is 9.67 Å². The Hall–Kier alpha value is -3.52. The fourth-order valence-electron chi connectivity index (χ4n) is 3.68. The summed E-state index contributed by atoms with van der Waals surface area (Å²) in [5, 5.41) is 9.36. The second kappa shape index (κ2) is 7.02. The maximum absolute atomic E-state index is 6.55. The van der Waals surface area contributed by atoms with Gasteiger partial charge in [-0.1, -0.05) is 11.6 Å². The van der Waals surface area contributed by atoms with Crippen LogP contribution in [0.1, 0.15) is 12.8 Å². The number of rotatable bonds is 5. The molecule has 0 amide bonds. The number of hydrogen-bond acceptors (Lipinski definition) is 7. The molecule has 1 saturated carbocycles. The first-order valence-corrected chi connectivity index (χ1v) is 10.5. The molecule has 3 N–H and O–H groups in total. The summed E-state index contributed by atoms with van der Waals surface area (Å²) in [5.74, 6) is 3.07. The van der Waals surface area contributed by atoms with Crippen molar-refractivity contribution < 1.29 is 9.47 Å². The van der Waals surface area contributed by atoms with Gasteiger partial charge in [0.05, 0.1) is 16.8 Å². The maximum Gasteiger partial charge on any atom is 0.231 e. The number of aromatic nitrogens is 4. The Morgan fingerprint density at radius 1 is 1.06 bits per heavy atom. The molecule has 8 nitrogen and oxygen atoms in total. The number of benzene rings is 2. The van der Waals surface area contributed by atoms with Crippen molar-refractivity contribution in [3.63, 3.8) is 0 Å². The topological polar surface area (TPSA) is 100 Å². The highest BCUT2D eigenvalue weighted by atomic mass is 35.5.